The van der Waals surface area contributed by atoms with Gasteiger partial charge in [0.25, 0.3) is 0 Å². The third kappa shape index (κ3) is 4.33. The van der Waals surface area contributed by atoms with Crippen LogP contribution in [0.2, 0.25) is 5.02 Å². The van der Waals surface area contributed by atoms with Crippen LogP contribution >= 0.6 is 11.6 Å². The number of hydrogen-bond donors (Lipinski definition) is 1. The van der Waals surface area contributed by atoms with Crippen molar-refractivity contribution in [2.75, 3.05) is 6.54 Å². The number of rotatable bonds is 4. The predicted octanol–water partition coefficient (Wildman–Crippen LogP) is 4.74. The monoisotopic (exact) mass is 253 g/mol. The Morgan fingerprint density at radius 3 is 2.35 bits per heavy atom. The van der Waals surface area contributed by atoms with E-state index in [-0.39, 0.29) is 5.41 Å². The van der Waals surface area contributed by atoms with E-state index in [1.807, 2.05) is 6.07 Å². The lowest BCUT2D eigenvalue weighted by Crippen LogP contribution is -2.32. The molecule has 0 saturated heterocycles. The topological polar surface area (TPSA) is 12.0 Å². The molecule has 0 fully saturated rings. The van der Waals surface area contributed by atoms with Crippen molar-refractivity contribution in [3.63, 3.8) is 0 Å². The largest absolute Gasteiger partial charge is 0.309 e. The summed E-state index contributed by atoms with van der Waals surface area (Å²) in [5.41, 5.74) is 2.70. The van der Waals surface area contributed by atoms with Crippen molar-refractivity contribution < 1.29 is 0 Å². The molecule has 1 aromatic rings. The lowest BCUT2D eigenvalue weighted by atomic mass is 9.82. The summed E-state index contributed by atoms with van der Waals surface area (Å²) >= 11 is 6.15. The van der Waals surface area contributed by atoms with Crippen LogP contribution in [0.3, 0.4) is 0 Å². The summed E-state index contributed by atoms with van der Waals surface area (Å²) in [6, 6.07) is 6.65. The predicted molar refractivity (Wildman–Crippen MR) is 76.7 cm³/mol. The minimum Gasteiger partial charge on any atom is -0.309 e. The highest BCUT2D eigenvalue weighted by Gasteiger charge is 2.25. The van der Waals surface area contributed by atoms with Crippen molar-refractivity contribution in [1.29, 1.82) is 0 Å². The molecule has 1 nitrogen and oxygen atoms in total. The van der Waals surface area contributed by atoms with Crippen LogP contribution in [0.4, 0.5) is 0 Å². The molecule has 96 valence electrons. The molecule has 0 aromatic heterocycles. The third-order valence-electron chi connectivity index (χ3n) is 2.86. The van der Waals surface area contributed by atoms with Gasteiger partial charge in [-0.3, -0.25) is 0 Å². The summed E-state index contributed by atoms with van der Waals surface area (Å²) in [6.07, 6.45) is 1.14. The average Bonchev–Trinajstić information content (AvgIpc) is 2.14. The standard InChI is InChI=1S/C15H24ClN/c1-6-7-17-14(15(3,4)5)12-8-11(2)9-13(16)10-12/h8-10,14,17H,6-7H2,1-5H3. The van der Waals surface area contributed by atoms with E-state index in [1.165, 1.54) is 11.1 Å². The molecule has 1 atom stereocenters. The van der Waals surface area contributed by atoms with Crippen LogP contribution in [-0.4, -0.2) is 6.54 Å². The van der Waals surface area contributed by atoms with Gasteiger partial charge in [-0.15, -0.1) is 0 Å². The molecule has 0 saturated carbocycles. The van der Waals surface area contributed by atoms with Crippen molar-refractivity contribution in [2.45, 2.75) is 47.1 Å². The molecule has 2 heteroatoms. The van der Waals surface area contributed by atoms with Crippen molar-refractivity contribution in [3.8, 4) is 0 Å². The first kappa shape index (κ1) is 14.5. The molecule has 0 aliphatic carbocycles. The quantitative estimate of drug-likeness (QED) is 0.818. The Kier molecular flexibility index (Phi) is 5.03. The minimum absolute atomic E-state index is 0.187. The first-order valence-electron chi connectivity index (χ1n) is 6.35. The van der Waals surface area contributed by atoms with Gasteiger partial charge in [-0.2, -0.15) is 0 Å². The summed E-state index contributed by atoms with van der Waals surface area (Å²) < 4.78 is 0. The fourth-order valence-electron chi connectivity index (χ4n) is 2.14. The van der Waals surface area contributed by atoms with Gasteiger partial charge in [0, 0.05) is 11.1 Å². The van der Waals surface area contributed by atoms with Crippen molar-refractivity contribution in [1.82, 2.24) is 5.32 Å². The SMILES string of the molecule is CCCNC(c1cc(C)cc(Cl)c1)C(C)(C)C. The Bertz CT molecular complexity index is 345. The van der Waals surface area contributed by atoms with Gasteiger partial charge in [-0.25, -0.2) is 0 Å². The normalized spacial score (nSPS) is 13.8. The molecule has 0 aliphatic rings. The molecule has 0 spiro atoms. The molecule has 1 unspecified atom stereocenters. The molecule has 1 rings (SSSR count). The first-order valence-corrected chi connectivity index (χ1v) is 6.73. The maximum atomic E-state index is 6.15. The van der Waals surface area contributed by atoms with E-state index in [1.54, 1.807) is 0 Å². The number of hydrogen-bond acceptors (Lipinski definition) is 1. The van der Waals surface area contributed by atoms with E-state index in [0.29, 0.717) is 6.04 Å². The molecule has 1 N–H and O–H groups in total. The first-order chi connectivity index (χ1) is 7.84. The Balaban J connectivity index is 3.03. The molecular formula is C15H24ClN. The second-order valence-corrected chi connectivity index (χ2v) is 6.25. The molecular weight excluding hydrogens is 230 g/mol. The Morgan fingerprint density at radius 1 is 1.24 bits per heavy atom. The van der Waals surface area contributed by atoms with Crippen LogP contribution in [0.15, 0.2) is 18.2 Å². The van der Waals surface area contributed by atoms with E-state index >= 15 is 0 Å². The minimum atomic E-state index is 0.187. The van der Waals surface area contributed by atoms with E-state index < -0.39 is 0 Å². The molecule has 0 aliphatic heterocycles. The maximum absolute atomic E-state index is 6.15. The second-order valence-electron chi connectivity index (χ2n) is 5.82. The lowest BCUT2D eigenvalue weighted by molar-refractivity contribution is 0.273. The number of nitrogens with one attached hydrogen (secondary N) is 1. The van der Waals surface area contributed by atoms with Crippen molar-refractivity contribution in [2.24, 2.45) is 5.41 Å². The summed E-state index contributed by atoms with van der Waals surface area (Å²) in [4.78, 5) is 0. The van der Waals surface area contributed by atoms with E-state index in [2.05, 4.69) is 52.1 Å². The van der Waals surface area contributed by atoms with Gasteiger partial charge >= 0.3 is 0 Å². The van der Waals surface area contributed by atoms with Gasteiger partial charge in [0.1, 0.15) is 0 Å². The van der Waals surface area contributed by atoms with Crippen molar-refractivity contribution >= 4 is 11.6 Å². The molecule has 0 amide bonds. The van der Waals surface area contributed by atoms with Crippen LogP contribution in [0.5, 0.6) is 0 Å². The van der Waals surface area contributed by atoms with Gasteiger partial charge in [0.05, 0.1) is 0 Å². The number of aryl methyl sites for hydroxylation is 1. The summed E-state index contributed by atoms with van der Waals surface area (Å²) in [5, 5.41) is 4.45. The Hall–Kier alpha value is -0.530. The van der Waals surface area contributed by atoms with Gasteiger partial charge < -0.3 is 5.32 Å². The third-order valence-corrected chi connectivity index (χ3v) is 3.08. The summed E-state index contributed by atoms with van der Waals surface area (Å²) in [6.45, 7) is 12.1. The van der Waals surface area contributed by atoms with Crippen LogP contribution in [0, 0.1) is 12.3 Å². The maximum Gasteiger partial charge on any atom is 0.0411 e. The smallest absolute Gasteiger partial charge is 0.0411 e. The average molecular weight is 254 g/mol. The fraction of sp³-hybridized carbons (Fsp3) is 0.600. The zero-order chi connectivity index (χ0) is 13.1. The van der Waals surface area contributed by atoms with Gasteiger partial charge in [0.15, 0.2) is 0 Å². The van der Waals surface area contributed by atoms with E-state index in [0.717, 1.165) is 18.0 Å². The highest BCUT2D eigenvalue weighted by molar-refractivity contribution is 6.30. The van der Waals surface area contributed by atoms with Crippen LogP contribution in [-0.2, 0) is 0 Å². The fourth-order valence-corrected chi connectivity index (χ4v) is 2.44. The summed E-state index contributed by atoms with van der Waals surface area (Å²) in [5.74, 6) is 0. The molecule has 1 aromatic carbocycles. The van der Waals surface area contributed by atoms with E-state index in [4.69, 9.17) is 11.6 Å². The van der Waals surface area contributed by atoms with Crippen LogP contribution < -0.4 is 5.32 Å². The number of benzene rings is 1. The van der Waals surface area contributed by atoms with Gasteiger partial charge in [0.2, 0.25) is 0 Å². The molecule has 0 heterocycles. The highest BCUT2D eigenvalue weighted by Crippen LogP contribution is 2.34. The second kappa shape index (κ2) is 5.88. The van der Waals surface area contributed by atoms with Crippen LogP contribution in [0.25, 0.3) is 0 Å². The van der Waals surface area contributed by atoms with E-state index in [9.17, 15) is 0 Å². The Labute approximate surface area is 111 Å². The van der Waals surface area contributed by atoms with Gasteiger partial charge in [-0.05, 0) is 48.6 Å². The molecule has 0 bridgehead atoms. The van der Waals surface area contributed by atoms with Crippen LogP contribution in [0.1, 0.15) is 51.3 Å². The zero-order valence-corrected chi connectivity index (χ0v) is 12.4. The number of halogens is 1. The van der Waals surface area contributed by atoms with Gasteiger partial charge in [-0.1, -0.05) is 45.4 Å². The Morgan fingerprint density at radius 2 is 1.88 bits per heavy atom. The lowest BCUT2D eigenvalue weighted by Gasteiger charge is -2.32. The molecule has 0 radical (unpaired) electrons. The molecule has 17 heavy (non-hydrogen) atoms. The zero-order valence-electron chi connectivity index (χ0n) is 11.6. The highest BCUT2D eigenvalue weighted by atomic mass is 35.5. The summed E-state index contributed by atoms with van der Waals surface area (Å²) in [7, 11) is 0. The van der Waals surface area contributed by atoms with Crippen molar-refractivity contribution in [3.05, 3.63) is 34.3 Å².